The number of carbonyl (C=O) groups is 1. The van der Waals surface area contributed by atoms with Crippen molar-refractivity contribution in [3.8, 4) is 5.75 Å². The van der Waals surface area contributed by atoms with Crippen LogP contribution in [0, 0.1) is 0 Å². The number of carbonyl (C=O) groups excluding carboxylic acids is 1. The van der Waals surface area contributed by atoms with Crippen molar-refractivity contribution in [2.75, 3.05) is 17.3 Å². The number of aromatic nitrogens is 1. The van der Waals surface area contributed by atoms with Crippen molar-refractivity contribution in [2.24, 2.45) is 0 Å². The van der Waals surface area contributed by atoms with E-state index in [1.807, 2.05) is 6.07 Å². The summed E-state index contributed by atoms with van der Waals surface area (Å²) in [6.07, 6.45) is 1.63. The molecule has 5 heteroatoms. The molecule has 98 valence electrons. The summed E-state index contributed by atoms with van der Waals surface area (Å²) in [4.78, 5) is 16.0. The summed E-state index contributed by atoms with van der Waals surface area (Å²) in [6, 6.07) is 12.4. The van der Waals surface area contributed by atoms with Crippen molar-refractivity contribution in [1.29, 1.82) is 0 Å². The Labute approximate surface area is 119 Å². The molecule has 0 aliphatic carbocycles. The number of nitrogens with one attached hydrogen (secondary N) is 1. The molecule has 0 radical (unpaired) electrons. The number of hydrogen-bond acceptors (Lipinski definition) is 3. The predicted molar refractivity (Wildman–Crippen MR) is 77.9 cm³/mol. The lowest BCUT2D eigenvalue weighted by molar-refractivity contribution is 0.102. The highest BCUT2D eigenvalue weighted by Gasteiger charge is 2.06. The van der Waals surface area contributed by atoms with Gasteiger partial charge in [0.2, 0.25) is 0 Å². The molecule has 0 spiro atoms. The van der Waals surface area contributed by atoms with Crippen molar-refractivity contribution < 1.29 is 9.53 Å². The highest BCUT2D eigenvalue weighted by atomic mass is 79.9. The van der Waals surface area contributed by atoms with E-state index in [2.05, 4.69) is 26.2 Å². The summed E-state index contributed by atoms with van der Waals surface area (Å²) in [5, 5.41) is 3.50. The van der Waals surface area contributed by atoms with E-state index in [9.17, 15) is 4.79 Å². The average Bonchev–Trinajstić information content (AvgIpc) is 2.46. The van der Waals surface area contributed by atoms with Crippen LogP contribution in [0.1, 0.15) is 10.4 Å². The minimum atomic E-state index is -0.189. The molecule has 1 aromatic heterocycles. The third-order valence-corrected chi connectivity index (χ3v) is 2.69. The van der Waals surface area contributed by atoms with Gasteiger partial charge in [-0.3, -0.25) is 4.79 Å². The molecule has 0 saturated heterocycles. The Hall–Kier alpha value is -1.88. The van der Waals surface area contributed by atoms with Gasteiger partial charge in [0, 0.05) is 17.1 Å². The summed E-state index contributed by atoms with van der Waals surface area (Å²) < 4.78 is 5.42. The maximum absolute atomic E-state index is 11.9. The predicted octanol–water partition coefficient (Wildman–Crippen LogP) is 3.11. The highest BCUT2D eigenvalue weighted by molar-refractivity contribution is 9.09. The summed E-state index contributed by atoms with van der Waals surface area (Å²) >= 11 is 3.29. The molecule has 1 N–H and O–H groups in total. The molecule has 1 heterocycles. The van der Waals surface area contributed by atoms with Crippen LogP contribution in [0.25, 0.3) is 0 Å². The first-order valence-corrected chi connectivity index (χ1v) is 6.93. The number of anilines is 1. The van der Waals surface area contributed by atoms with Gasteiger partial charge in [-0.15, -0.1) is 0 Å². The molecule has 0 saturated carbocycles. The van der Waals surface area contributed by atoms with E-state index < -0.39 is 0 Å². The van der Waals surface area contributed by atoms with E-state index in [4.69, 9.17) is 4.74 Å². The van der Waals surface area contributed by atoms with Crippen molar-refractivity contribution in [2.45, 2.75) is 0 Å². The van der Waals surface area contributed by atoms with Crippen molar-refractivity contribution in [3.63, 3.8) is 0 Å². The second kappa shape index (κ2) is 6.89. The standard InChI is InChI=1S/C14H13BrN2O2/c15-8-10-19-12-6-4-11(5-7-12)14(18)17-13-3-1-2-9-16-13/h1-7,9H,8,10H2,(H,16,17,18). The fourth-order valence-corrected chi connectivity index (χ4v) is 1.65. The van der Waals surface area contributed by atoms with Crippen LogP contribution in [0.2, 0.25) is 0 Å². The van der Waals surface area contributed by atoms with Crippen molar-refractivity contribution in [3.05, 3.63) is 54.2 Å². The maximum atomic E-state index is 11.9. The zero-order chi connectivity index (χ0) is 13.5. The highest BCUT2D eigenvalue weighted by Crippen LogP contribution is 2.13. The Bertz CT molecular complexity index is 529. The first-order chi connectivity index (χ1) is 9.29. The molecule has 0 unspecified atom stereocenters. The van der Waals surface area contributed by atoms with Crippen LogP contribution in [-0.2, 0) is 0 Å². The van der Waals surface area contributed by atoms with Crippen molar-refractivity contribution in [1.82, 2.24) is 4.98 Å². The number of alkyl halides is 1. The lowest BCUT2D eigenvalue weighted by Crippen LogP contribution is -2.12. The van der Waals surface area contributed by atoms with Crippen LogP contribution in [0.4, 0.5) is 5.82 Å². The van der Waals surface area contributed by atoms with Gasteiger partial charge in [-0.05, 0) is 36.4 Å². The second-order valence-electron chi connectivity index (χ2n) is 3.73. The van der Waals surface area contributed by atoms with Gasteiger partial charge in [-0.1, -0.05) is 22.0 Å². The Balaban J connectivity index is 1.99. The van der Waals surface area contributed by atoms with Crippen LogP contribution in [0.3, 0.4) is 0 Å². The summed E-state index contributed by atoms with van der Waals surface area (Å²) in [5.41, 5.74) is 0.567. The lowest BCUT2D eigenvalue weighted by atomic mass is 10.2. The molecule has 0 aliphatic rings. The maximum Gasteiger partial charge on any atom is 0.256 e. The van der Waals surface area contributed by atoms with Crippen LogP contribution < -0.4 is 10.1 Å². The van der Waals surface area contributed by atoms with Crippen LogP contribution in [0.5, 0.6) is 5.75 Å². The number of halogens is 1. The number of amides is 1. The van der Waals surface area contributed by atoms with Gasteiger partial charge in [0.1, 0.15) is 11.6 Å². The number of rotatable bonds is 5. The van der Waals surface area contributed by atoms with Gasteiger partial charge < -0.3 is 10.1 Å². The quantitative estimate of drug-likeness (QED) is 0.861. The van der Waals surface area contributed by atoms with E-state index in [-0.39, 0.29) is 5.91 Å². The topological polar surface area (TPSA) is 51.2 Å². The Kier molecular flexibility index (Phi) is 4.92. The average molecular weight is 321 g/mol. The van der Waals surface area contributed by atoms with Gasteiger partial charge in [0.05, 0.1) is 6.61 Å². The second-order valence-corrected chi connectivity index (χ2v) is 4.52. The normalized spacial score (nSPS) is 9.95. The van der Waals surface area contributed by atoms with E-state index in [0.29, 0.717) is 18.0 Å². The van der Waals surface area contributed by atoms with Crippen LogP contribution in [0.15, 0.2) is 48.7 Å². The molecule has 1 aromatic carbocycles. The molecular weight excluding hydrogens is 308 g/mol. The molecule has 0 fully saturated rings. The van der Waals surface area contributed by atoms with Gasteiger partial charge in [0.15, 0.2) is 0 Å². The fourth-order valence-electron chi connectivity index (χ4n) is 1.48. The van der Waals surface area contributed by atoms with E-state index >= 15 is 0 Å². The van der Waals surface area contributed by atoms with Crippen molar-refractivity contribution >= 4 is 27.7 Å². The zero-order valence-corrected chi connectivity index (χ0v) is 11.8. The number of pyridine rings is 1. The van der Waals surface area contributed by atoms with E-state index in [0.717, 1.165) is 11.1 Å². The Morgan fingerprint density at radius 1 is 1.21 bits per heavy atom. The third kappa shape index (κ3) is 4.06. The fraction of sp³-hybridized carbons (Fsp3) is 0.143. The number of ether oxygens (including phenoxy) is 1. The first kappa shape index (κ1) is 13.5. The number of benzene rings is 1. The molecule has 4 nitrogen and oxygen atoms in total. The number of nitrogens with zero attached hydrogens (tertiary/aromatic N) is 1. The molecule has 2 aromatic rings. The zero-order valence-electron chi connectivity index (χ0n) is 10.2. The summed E-state index contributed by atoms with van der Waals surface area (Å²) in [7, 11) is 0. The first-order valence-electron chi connectivity index (χ1n) is 5.81. The molecule has 0 aliphatic heterocycles. The SMILES string of the molecule is O=C(Nc1ccccn1)c1ccc(OCCBr)cc1. The van der Waals surface area contributed by atoms with Gasteiger partial charge in [-0.25, -0.2) is 4.98 Å². The smallest absolute Gasteiger partial charge is 0.256 e. The van der Waals surface area contributed by atoms with Gasteiger partial charge in [0.25, 0.3) is 5.91 Å². The molecule has 2 rings (SSSR count). The molecule has 1 amide bonds. The minimum Gasteiger partial charge on any atom is -0.493 e. The molecule has 0 bridgehead atoms. The summed E-state index contributed by atoms with van der Waals surface area (Å²) in [6.45, 7) is 0.597. The molecular formula is C14H13BrN2O2. The van der Waals surface area contributed by atoms with Gasteiger partial charge >= 0.3 is 0 Å². The Morgan fingerprint density at radius 3 is 2.63 bits per heavy atom. The molecule has 19 heavy (non-hydrogen) atoms. The van der Waals surface area contributed by atoms with E-state index in [1.54, 1.807) is 42.6 Å². The Morgan fingerprint density at radius 2 is 2.00 bits per heavy atom. The number of hydrogen-bond donors (Lipinski definition) is 1. The largest absolute Gasteiger partial charge is 0.493 e. The monoisotopic (exact) mass is 320 g/mol. The molecule has 0 atom stereocenters. The minimum absolute atomic E-state index is 0.189. The third-order valence-electron chi connectivity index (χ3n) is 2.37. The summed E-state index contributed by atoms with van der Waals surface area (Å²) in [5.74, 6) is 1.09. The van der Waals surface area contributed by atoms with E-state index in [1.165, 1.54) is 0 Å². The van der Waals surface area contributed by atoms with Crippen LogP contribution >= 0.6 is 15.9 Å². The van der Waals surface area contributed by atoms with Gasteiger partial charge in [-0.2, -0.15) is 0 Å². The lowest BCUT2D eigenvalue weighted by Gasteiger charge is -2.06. The van der Waals surface area contributed by atoms with Crippen LogP contribution in [-0.4, -0.2) is 22.8 Å².